The average Bonchev–Trinajstić information content (AvgIpc) is 2.70. The summed E-state index contributed by atoms with van der Waals surface area (Å²) in [4.78, 5) is 12.6. The molecule has 0 fully saturated rings. The lowest BCUT2D eigenvalue weighted by atomic mass is 10.0. The number of methoxy groups -OCH3 is 2. The van der Waals surface area contributed by atoms with Crippen molar-refractivity contribution in [3.05, 3.63) is 58.1 Å². The second-order valence-corrected chi connectivity index (χ2v) is 5.67. The number of carbonyl (C=O) groups excluding carboxylic acids is 1. The van der Waals surface area contributed by atoms with Gasteiger partial charge in [0.25, 0.3) is 0 Å². The molecule has 0 saturated heterocycles. The Balaban J connectivity index is 2.42. The average molecular weight is 382 g/mol. The van der Waals surface area contributed by atoms with Crippen molar-refractivity contribution in [1.29, 1.82) is 5.26 Å². The lowest BCUT2D eigenvalue weighted by Crippen LogP contribution is -2.02. The molecule has 5 nitrogen and oxygen atoms in total. The summed E-state index contributed by atoms with van der Waals surface area (Å²) in [7, 11) is 2.96. The summed E-state index contributed by atoms with van der Waals surface area (Å²) in [5, 5.41) is 9.68. The van der Waals surface area contributed by atoms with Gasteiger partial charge in [0.05, 0.1) is 19.2 Å². The van der Waals surface area contributed by atoms with Crippen molar-refractivity contribution < 1.29 is 19.0 Å². The molecule has 0 bridgehead atoms. The Morgan fingerprint density at radius 1 is 1.26 bits per heavy atom. The third kappa shape index (κ3) is 4.82. The smallest absolute Gasteiger partial charge is 0.203 e. The summed E-state index contributed by atoms with van der Waals surface area (Å²) in [6.07, 6.45) is 6.62. The van der Waals surface area contributed by atoms with Crippen LogP contribution in [0.3, 0.4) is 0 Å². The van der Waals surface area contributed by atoms with E-state index in [2.05, 4.69) is 5.92 Å². The number of benzene rings is 2. The Morgan fingerprint density at radius 2 is 2.04 bits per heavy atom. The molecule has 0 spiro atoms. The fourth-order valence-electron chi connectivity index (χ4n) is 2.31. The van der Waals surface area contributed by atoms with E-state index in [0.29, 0.717) is 28.4 Å². The molecule has 0 N–H and O–H groups in total. The largest absolute Gasteiger partial charge is 0.497 e. The van der Waals surface area contributed by atoms with E-state index in [-0.39, 0.29) is 17.2 Å². The molecule has 27 heavy (non-hydrogen) atoms. The number of ether oxygens (including phenoxy) is 3. The van der Waals surface area contributed by atoms with Gasteiger partial charge in [-0.2, -0.15) is 5.26 Å². The van der Waals surface area contributed by atoms with E-state index in [1.165, 1.54) is 20.3 Å². The molecule has 0 aliphatic carbocycles. The first-order chi connectivity index (χ1) is 13.0. The van der Waals surface area contributed by atoms with Crippen LogP contribution in [-0.2, 0) is 0 Å². The molecular weight excluding hydrogens is 366 g/mol. The van der Waals surface area contributed by atoms with Crippen LogP contribution in [0, 0.1) is 23.7 Å². The van der Waals surface area contributed by atoms with Gasteiger partial charge in [0.2, 0.25) is 5.78 Å². The Labute approximate surface area is 162 Å². The van der Waals surface area contributed by atoms with Crippen LogP contribution < -0.4 is 14.2 Å². The monoisotopic (exact) mass is 381 g/mol. The quantitative estimate of drug-likeness (QED) is 0.312. The third-order valence-corrected chi connectivity index (χ3v) is 3.84. The van der Waals surface area contributed by atoms with Crippen LogP contribution in [0.5, 0.6) is 17.2 Å². The normalized spacial score (nSPS) is 10.5. The zero-order valence-corrected chi connectivity index (χ0v) is 15.5. The summed E-state index contributed by atoms with van der Waals surface area (Å²) < 4.78 is 15.8. The summed E-state index contributed by atoms with van der Waals surface area (Å²) >= 11 is 6.22. The Kier molecular flexibility index (Phi) is 6.88. The molecule has 0 aliphatic heterocycles. The molecule has 0 saturated carbocycles. The van der Waals surface area contributed by atoms with Gasteiger partial charge < -0.3 is 14.2 Å². The number of Topliss-reactive ketones (excluding diaryl/α,β-unsaturated/α-hetero) is 1. The standard InChI is InChI=1S/C21H16ClNO4/c1-4-8-27-21-18(22)10-14(11-19(21)26-3)9-16(13-23)20(24)15-6-5-7-17(12-15)25-2/h1,5-7,9-12H,8H2,2-3H3/b16-9+. The molecule has 0 aliphatic rings. The molecule has 0 heterocycles. The van der Waals surface area contributed by atoms with E-state index in [1.54, 1.807) is 36.4 Å². The van der Waals surface area contributed by atoms with E-state index in [1.807, 2.05) is 6.07 Å². The zero-order chi connectivity index (χ0) is 19.8. The predicted molar refractivity (Wildman–Crippen MR) is 103 cm³/mol. The van der Waals surface area contributed by atoms with Gasteiger partial charge in [0.15, 0.2) is 11.5 Å². The first-order valence-electron chi connectivity index (χ1n) is 7.78. The van der Waals surface area contributed by atoms with Gasteiger partial charge in [0.1, 0.15) is 24.0 Å². The Hall–Kier alpha value is -3.41. The molecule has 136 valence electrons. The molecule has 0 unspecified atom stereocenters. The van der Waals surface area contributed by atoms with E-state index >= 15 is 0 Å². The van der Waals surface area contributed by atoms with Crippen molar-refractivity contribution in [2.45, 2.75) is 0 Å². The van der Waals surface area contributed by atoms with Crippen LogP contribution >= 0.6 is 11.6 Å². The topological polar surface area (TPSA) is 68.5 Å². The number of hydrogen-bond acceptors (Lipinski definition) is 5. The Bertz CT molecular complexity index is 967. The van der Waals surface area contributed by atoms with E-state index in [9.17, 15) is 10.1 Å². The molecule has 0 radical (unpaired) electrons. The fraction of sp³-hybridized carbons (Fsp3) is 0.143. The lowest BCUT2D eigenvalue weighted by Gasteiger charge is -2.11. The van der Waals surface area contributed by atoms with Crippen LogP contribution in [0.4, 0.5) is 0 Å². The third-order valence-electron chi connectivity index (χ3n) is 3.56. The van der Waals surface area contributed by atoms with Crippen molar-refractivity contribution in [1.82, 2.24) is 0 Å². The minimum Gasteiger partial charge on any atom is -0.497 e. The first-order valence-corrected chi connectivity index (χ1v) is 8.16. The van der Waals surface area contributed by atoms with Crippen LogP contribution in [0.25, 0.3) is 6.08 Å². The lowest BCUT2D eigenvalue weighted by molar-refractivity contribution is 0.103. The van der Waals surface area contributed by atoms with E-state index in [4.69, 9.17) is 32.2 Å². The number of hydrogen-bond donors (Lipinski definition) is 0. The minimum absolute atomic E-state index is 0.0308. The van der Waals surface area contributed by atoms with Gasteiger partial charge in [-0.05, 0) is 35.9 Å². The summed E-state index contributed by atoms with van der Waals surface area (Å²) in [6, 6.07) is 11.7. The second kappa shape index (κ2) is 9.33. The molecule has 2 aromatic rings. The molecule has 2 aromatic carbocycles. The highest BCUT2D eigenvalue weighted by Crippen LogP contribution is 2.37. The predicted octanol–water partition coefficient (Wildman–Crippen LogP) is 4.16. The van der Waals surface area contributed by atoms with Crippen molar-refractivity contribution in [2.24, 2.45) is 0 Å². The molecule has 0 aromatic heterocycles. The number of carbonyl (C=O) groups is 1. The first kappa shape index (κ1) is 19.9. The highest BCUT2D eigenvalue weighted by Gasteiger charge is 2.15. The number of nitrogens with zero attached hydrogens (tertiary/aromatic N) is 1. The van der Waals surface area contributed by atoms with Gasteiger partial charge in [-0.15, -0.1) is 6.42 Å². The molecule has 2 rings (SSSR count). The maximum absolute atomic E-state index is 12.6. The number of terminal acetylenes is 1. The second-order valence-electron chi connectivity index (χ2n) is 5.26. The van der Waals surface area contributed by atoms with Gasteiger partial charge in [-0.25, -0.2) is 0 Å². The van der Waals surface area contributed by atoms with Gasteiger partial charge in [-0.1, -0.05) is 29.7 Å². The number of ketones is 1. The minimum atomic E-state index is -0.431. The van der Waals surface area contributed by atoms with Gasteiger partial charge >= 0.3 is 0 Å². The van der Waals surface area contributed by atoms with Crippen molar-refractivity contribution in [2.75, 3.05) is 20.8 Å². The fourth-order valence-corrected chi connectivity index (χ4v) is 2.59. The van der Waals surface area contributed by atoms with E-state index in [0.717, 1.165) is 0 Å². The summed E-state index contributed by atoms with van der Waals surface area (Å²) in [6.45, 7) is 0.0308. The van der Waals surface area contributed by atoms with Gasteiger partial charge in [-0.3, -0.25) is 4.79 Å². The molecular formula is C21H16ClNO4. The summed E-state index contributed by atoms with van der Waals surface area (Å²) in [5.74, 6) is 3.08. The van der Waals surface area contributed by atoms with Crippen LogP contribution in [0.1, 0.15) is 15.9 Å². The highest BCUT2D eigenvalue weighted by atomic mass is 35.5. The summed E-state index contributed by atoms with van der Waals surface area (Å²) in [5.41, 5.74) is 0.797. The van der Waals surface area contributed by atoms with Crippen molar-refractivity contribution >= 4 is 23.5 Å². The van der Waals surface area contributed by atoms with Crippen LogP contribution in [0.15, 0.2) is 42.0 Å². The Morgan fingerprint density at radius 3 is 2.67 bits per heavy atom. The van der Waals surface area contributed by atoms with Crippen LogP contribution in [0.2, 0.25) is 5.02 Å². The van der Waals surface area contributed by atoms with Crippen molar-refractivity contribution in [3.8, 4) is 35.7 Å². The number of halogens is 1. The molecule has 0 atom stereocenters. The van der Waals surface area contributed by atoms with Crippen molar-refractivity contribution in [3.63, 3.8) is 0 Å². The number of nitriles is 1. The SMILES string of the molecule is C#CCOc1c(Cl)cc(/C=C(\C#N)C(=O)c2cccc(OC)c2)cc1OC. The number of rotatable bonds is 7. The maximum Gasteiger partial charge on any atom is 0.203 e. The molecule has 0 amide bonds. The maximum atomic E-state index is 12.6. The zero-order valence-electron chi connectivity index (χ0n) is 14.8. The number of allylic oxidation sites excluding steroid dienone is 1. The molecule has 6 heteroatoms. The van der Waals surface area contributed by atoms with E-state index < -0.39 is 5.78 Å². The van der Waals surface area contributed by atoms with Crippen LogP contribution in [-0.4, -0.2) is 26.6 Å². The highest BCUT2D eigenvalue weighted by molar-refractivity contribution is 6.32. The van der Waals surface area contributed by atoms with Gasteiger partial charge in [0, 0.05) is 5.56 Å².